The fourth-order valence-corrected chi connectivity index (χ4v) is 4.05. The topological polar surface area (TPSA) is 67.9 Å². The van der Waals surface area contributed by atoms with Crippen molar-refractivity contribution in [1.82, 2.24) is 10.2 Å². The quantitative estimate of drug-likeness (QED) is 0.206. The average Bonchev–Trinajstić information content (AvgIpc) is 2.75. The van der Waals surface area contributed by atoms with E-state index in [0.29, 0.717) is 34.7 Å². The van der Waals surface area contributed by atoms with Crippen LogP contribution in [0.1, 0.15) is 18.1 Å². The van der Waals surface area contributed by atoms with Gasteiger partial charge in [-0.25, -0.2) is 0 Å². The van der Waals surface area contributed by atoms with Crippen LogP contribution in [0.4, 0.5) is 0 Å². The molecule has 9 heteroatoms. The second-order valence-electron chi connectivity index (χ2n) is 6.70. The molecule has 0 saturated carbocycles. The molecular weight excluding hydrogens is 560 g/mol. The van der Waals surface area contributed by atoms with Gasteiger partial charge in [0, 0.05) is 11.0 Å². The Balaban J connectivity index is 1.91. The van der Waals surface area contributed by atoms with Gasteiger partial charge >= 0.3 is 0 Å². The number of halogens is 2. The van der Waals surface area contributed by atoms with E-state index in [1.165, 1.54) is 11.0 Å². The second kappa shape index (κ2) is 10.9. The van der Waals surface area contributed by atoms with Gasteiger partial charge in [-0.3, -0.25) is 19.8 Å². The fourth-order valence-electron chi connectivity index (χ4n) is 2.97. The van der Waals surface area contributed by atoms with Crippen LogP contribution in [-0.2, 0) is 16.2 Å². The SMILES string of the molecule is C=CCN1C(=O)/C(=C/c2cc(Br)c(OCc3ccc(Br)cc3)c(OCC)c2)C(=O)NC1=S. The van der Waals surface area contributed by atoms with E-state index in [9.17, 15) is 9.59 Å². The Hall–Kier alpha value is -2.49. The standard InChI is InChI=1S/C23H20Br2N2O4S/c1-3-9-27-22(29)17(21(28)26-23(27)32)10-15-11-18(25)20(19(12-15)30-4-2)31-13-14-5-7-16(24)8-6-14/h3,5-8,10-12H,1,4,9,13H2,2H3,(H,26,28,32)/b17-10+. The van der Waals surface area contributed by atoms with Crippen LogP contribution in [0.5, 0.6) is 11.5 Å². The van der Waals surface area contributed by atoms with Crippen LogP contribution in [0.15, 0.2) is 63.6 Å². The normalized spacial score (nSPS) is 15.0. The molecule has 0 atom stereocenters. The van der Waals surface area contributed by atoms with Gasteiger partial charge in [0.2, 0.25) is 0 Å². The Morgan fingerprint density at radius 2 is 1.88 bits per heavy atom. The Bertz CT molecular complexity index is 1100. The molecule has 3 rings (SSSR count). The summed E-state index contributed by atoms with van der Waals surface area (Å²) in [5, 5.41) is 2.59. The highest BCUT2D eigenvalue weighted by molar-refractivity contribution is 9.10. The highest BCUT2D eigenvalue weighted by atomic mass is 79.9. The number of ether oxygens (including phenoxy) is 2. The molecule has 1 saturated heterocycles. The van der Waals surface area contributed by atoms with Crippen molar-refractivity contribution in [1.29, 1.82) is 0 Å². The van der Waals surface area contributed by atoms with E-state index in [-0.39, 0.29) is 17.2 Å². The highest BCUT2D eigenvalue weighted by Gasteiger charge is 2.32. The highest BCUT2D eigenvalue weighted by Crippen LogP contribution is 2.38. The maximum Gasteiger partial charge on any atom is 0.265 e. The van der Waals surface area contributed by atoms with E-state index in [2.05, 4.69) is 43.8 Å². The number of rotatable bonds is 8. The van der Waals surface area contributed by atoms with Gasteiger partial charge in [-0.15, -0.1) is 6.58 Å². The van der Waals surface area contributed by atoms with Gasteiger partial charge < -0.3 is 9.47 Å². The number of carbonyl (C=O) groups excluding carboxylic acids is 2. The second-order valence-corrected chi connectivity index (χ2v) is 8.86. The zero-order valence-electron chi connectivity index (χ0n) is 17.2. The largest absolute Gasteiger partial charge is 0.490 e. The molecule has 0 aromatic heterocycles. The summed E-state index contributed by atoms with van der Waals surface area (Å²) in [4.78, 5) is 26.5. The molecule has 1 fully saturated rings. The van der Waals surface area contributed by atoms with E-state index >= 15 is 0 Å². The number of amides is 2. The Morgan fingerprint density at radius 1 is 1.16 bits per heavy atom. The lowest BCUT2D eigenvalue weighted by Gasteiger charge is -2.27. The van der Waals surface area contributed by atoms with Crippen molar-refractivity contribution < 1.29 is 19.1 Å². The molecule has 1 aliphatic heterocycles. The maximum absolute atomic E-state index is 12.8. The minimum atomic E-state index is -0.551. The number of hydrogen-bond donors (Lipinski definition) is 1. The zero-order valence-corrected chi connectivity index (χ0v) is 21.2. The molecular formula is C23H20Br2N2O4S. The lowest BCUT2D eigenvalue weighted by atomic mass is 10.1. The van der Waals surface area contributed by atoms with Gasteiger partial charge in [-0.2, -0.15) is 0 Å². The van der Waals surface area contributed by atoms with Crippen LogP contribution in [0.2, 0.25) is 0 Å². The van der Waals surface area contributed by atoms with Gasteiger partial charge in [0.25, 0.3) is 11.8 Å². The number of nitrogens with one attached hydrogen (secondary N) is 1. The van der Waals surface area contributed by atoms with Gasteiger partial charge in [-0.05, 0) is 76.5 Å². The van der Waals surface area contributed by atoms with Gasteiger partial charge in [0.15, 0.2) is 16.6 Å². The molecule has 0 aliphatic carbocycles. The van der Waals surface area contributed by atoms with E-state index in [1.54, 1.807) is 18.2 Å². The van der Waals surface area contributed by atoms with Crippen LogP contribution >= 0.6 is 44.1 Å². The number of carbonyl (C=O) groups is 2. The Morgan fingerprint density at radius 3 is 2.53 bits per heavy atom. The number of thiocarbonyl (C=S) groups is 1. The lowest BCUT2D eigenvalue weighted by Crippen LogP contribution is -2.53. The molecule has 2 aromatic carbocycles. The molecule has 0 spiro atoms. The molecule has 2 aromatic rings. The lowest BCUT2D eigenvalue weighted by molar-refractivity contribution is -0.128. The first-order chi connectivity index (χ1) is 15.3. The third-order valence-corrected chi connectivity index (χ3v) is 5.88. The third kappa shape index (κ3) is 5.65. The van der Waals surface area contributed by atoms with Crippen molar-refractivity contribution in [2.24, 2.45) is 0 Å². The van der Waals surface area contributed by atoms with E-state index in [1.807, 2.05) is 31.2 Å². The molecule has 32 heavy (non-hydrogen) atoms. The minimum Gasteiger partial charge on any atom is -0.490 e. The van der Waals surface area contributed by atoms with Crippen molar-refractivity contribution in [3.8, 4) is 11.5 Å². The van der Waals surface area contributed by atoms with Crippen molar-refractivity contribution in [3.05, 3.63) is 74.7 Å². The molecule has 2 amide bonds. The van der Waals surface area contributed by atoms with Crippen molar-refractivity contribution in [2.75, 3.05) is 13.2 Å². The molecule has 0 unspecified atom stereocenters. The smallest absolute Gasteiger partial charge is 0.265 e. The van der Waals surface area contributed by atoms with Gasteiger partial charge in [-0.1, -0.05) is 34.1 Å². The van der Waals surface area contributed by atoms with Gasteiger partial charge in [0.05, 0.1) is 11.1 Å². The van der Waals surface area contributed by atoms with E-state index in [4.69, 9.17) is 21.7 Å². The Kier molecular flexibility index (Phi) is 8.22. The number of benzene rings is 2. The fraction of sp³-hybridized carbons (Fsp3) is 0.174. The molecule has 1 aliphatic rings. The first-order valence-corrected chi connectivity index (χ1v) is 11.7. The number of nitrogens with zero attached hydrogens (tertiary/aromatic N) is 1. The minimum absolute atomic E-state index is 0.0293. The summed E-state index contributed by atoms with van der Waals surface area (Å²) in [6.45, 7) is 6.46. The van der Waals surface area contributed by atoms with Gasteiger partial charge in [0.1, 0.15) is 12.2 Å². The zero-order chi connectivity index (χ0) is 23.3. The summed E-state index contributed by atoms with van der Waals surface area (Å²) in [5.74, 6) is -0.00738. The third-order valence-electron chi connectivity index (χ3n) is 4.44. The van der Waals surface area contributed by atoms with Crippen molar-refractivity contribution in [3.63, 3.8) is 0 Å². The molecule has 0 radical (unpaired) electrons. The summed E-state index contributed by atoms with van der Waals surface area (Å²) in [6.07, 6.45) is 3.04. The van der Waals surface area contributed by atoms with Crippen molar-refractivity contribution >= 4 is 67.1 Å². The molecule has 6 nitrogen and oxygen atoms in total. The van der Waals surface area contributed by atoms with Crippen molar-refractivity contribution in [2.45, 2.75) is 13.5 Å². The summed E-state index contributed by atoms with van der Waals surface area (Å²) >= 11 is 12.0. The van der Waals surface area contributed by atoms with Crippen LogP contribution in [0.25, 0.3) is 6.08 Å². The summed E-state index contributed by atoms with van der Waals surface area (Å²) < 4.78 is 13.4. The van der Waals surface area contributed by atoms with E-state index < -0.39 is 11.8 Å². The van der Waals surface area contributed by atoms with E-state index in [0.717, 1.165) is 10.0 Å². The van der Waals surface area contributed by atoms with Crippen LogP contribution in [-0.4, -0.2) is 35.0 Å². The summed E-state index contributed by atoms with van der Waals surface area (Å²) in [6, 6.07) is 11.3. The Labute approximate surface area is 208 Å². The monoisotopic (exact) mass is 578 g/mol. The molecule has 1 N–H and O–H groups in total. The van der Waals surface area contributed by atoms with Crippen LogP contribution < -0.4 is 14.8 Å². The van der Waals surface area contributed by atoms with Crippen LogP contribution in [0.3, 0.4) is 0 Å². The average molecular weight is 580 g/mol. The predicted molar refractivity (Wildman–Crippen MR) is 134 cm³/mol. The molecule has 0 bridgehead atoms. The first kappa shape index (κ1) is 24.2. The summed E-state index contributed by atoms with van der Waals surface area (Å²) in [7, 11) is 0. The van der Waals surface area contributed by atoms with Crippen LogP contribution in [0, 0.1) is 0 Å². The molecule has 166 valence electrons. The maximum atomic E-state index is 12.8. The summed E-state index contributed by atoms with van der Waals surface area (Å²) in [5.41, 5.74) is 1.57. The predicted octanol–water partition coefficient (Wildman–Crippen LogP) is 5.00. The molecule has 1 heterocycles. The number of hydrogen-bond acceptors (Lipinski definition) is 5. The first-order valence-electron chi connectivity index (χ1n) is 9.67.